The van der Waals surface area contributed by atoms with Gasteiger partial charge in [0.25, 0.3) is 0 Å². The molecular formula is C22H21F2N3O3S2. The number of carbonyl (C=O) groups excluding carboxylic acids is 2. The molecule has 0 aliphatic heterocycles. The van der Waals surface area contributed by atoms with Crippen LogP contribution in [0.4, 0.5) is 19.6 Å². The second-order valence-corrected chi connectivity index (χ2v) is 8.97. The van der Waals surface area contributed by atoms with E-state index >= 15 is 0 Å². The molecule has 0 atom stereocenters. The van der Waals surface area contributed by atoms with E-state index in [1.807, 2.05) is 38.1 Å². The summed E-state index contributed by atoms with van der Waals surface area (Å²) in [6.07, 6.45) is 0. The number of nitrogens with zero attached hydrogens (tertiary/aromatic N) is 1. The van der Waals surface area contributed by atoms with E-state index in [-0.39, 0.29) is 29.1 Å². The van der Waals surface area contributed by atoms with Crippen molar-refractivity contribution < 1.29 is 23.1 Å². The van der Waals surface area contributed by atoms with Crippen molar-refractivity contribution in [1.29, 1.82) is 0 Å². The molecule has 3 rings (SSSR count). The molecule has 0 bridgehead atoms. The maximum Gasteiger partial charge on any atom is 0.387 e. The fourth-order valence-corrected chi connectivity index (χ4v) is 4.29. The maximum absolute atomic E-state index is 12.3. The highest BCUT2D eigenvalue weighted by molar-refractivity contribution is 8.00. The smallest absolute Gasteiger partial charge is 0.387 e. The SMILES string of the molecule is Cc1cccc(NC(=O)CSCC(=O)Nc2nc(-c3ccc(OC(F)F)cc3)c(C)s2)c1. The first kappa shape index (κ1) is 23.7. The lowest BCUT2D eigenvalue weighted by molar-refractivity contribution is -0.114. The minimum Gasteiger partial charge on any atom is -0.435 e. The zero-order valence-electron chi connectivity index (χ0n) is 17.4. The van der Waals surface area contributed by atoms with Crippen molar-refractivity contribution in [1.82, 2.24) is 4.98 Å². The molecule has 6 nitrogen and oxygen atoms in total. The van der Waals surface area contributed by atoms with E-state index in [2.05, 4.69) is 20.4 Å². The number of carbonyl (C=O) groups is 2. The summed E-state index contributed by atoms with van der Waals surface area (Å²) in [4.78, 5) is 29.5. The van der Waals surface area contributed by atoms with Gasteiger partial charge in [0.1, 0.15) is 5.75 Å². The Morgan fingerprint density at radius 1 is 1.06 bits per heavy atom. The van der Waals surface area contributed by atoms with Gasteiger partial charge in [0.05, 0.1) is 17.2 Å². The van der Waals surface area contributed by atoms with Gasteiger partial charge in [-0.15, -0.1) is 23.1 Å². The van der Waals surface area contributed by atoms with Gasteiger partial charge in [0, 0.05) is 16.1 Å². The van der Waals surface area contributed by atoms with E-state index in [1.165, 1.54) is 35.2 Å². The zero-order valence-corrected chi connectivity index (χ0v) is 19.0. The highest BCUT2D eigenvalue weighted by atomic mass is 32.2. The molecule has 1 heterocycles. The molecule has 0 aliphatic carbocycles. The fraction of sp³-hybridized carbons (Fsp3) is 0.227. The largest absolute Gasteiger partial charge is 0.435 e. The lowest BCUT2D eigenvalue weighted by Gasteiger charge is -2.06. The van der Waals surface area contributed by atoms with Crippen LogP contribution in [0.3, 0.4) is 0 Å². The number of halogens is 2. The molecule has 3 aromatic rings. The minimum absolute atomic E-state index is 0.0635. The van der Waals surface area contributed by atoms with Gasteiger partial charge >= 0.3 is 6.61 Å². The number of nitrogens with one attached hydrogen (secondary N) is 2. The number of aryl methyl sites for hydroxylation is 2. The average molecular weight is 478 g/mol. The zero-order chi connectivity index (χ0) is 23.1. The van der Waals surface area contributed by atoms with Crippen LogP contribution < -0.4 is 15.4 Å². The van der Waals surface area contributed by atoms with Crippen LogP contribution in [-0.2, 0) is 9.59 Å². The molecule has 0 aliphatic rings. The molecule has 168 valence electrons. The van der Waals surface area contributed by atoms with Crippen LogP contribution in [0.25, 0.3) is 11.3 Å². The quantitative estimate of drug-likeness (QED) is 0.435. The third kappa shape index (κ3) is 7.03. The van der Waals surface area contributed by atoms with Crippen LogP contribution in [-0.4, -0.2) is 34.9 Å². The molecular weight excluding hydrogens is 456 g/mol. The van der Waals surface area contributed by atoms with Crippen LogP contribution >= 0.6 is 23.1 Å². The van der Waals surface area contributed by atoms with Gasteiger partial charge in [-0.3, -0.25) is 9.59 Å². The summed E-state index contributed by atoms with van der Waals surface area (Å²) in [5.74, 6) is -0.126. The standard InChI is InChI=1S/C22H21F2N3O3S2/c1-13-4-3-5-16(10-13)25-18(28)11-31-12-19(29)26-22-27-20(14(2)32-22)15-6-8-17(9-7-15)30-21(23)24/h3-10,21H,11-12H2,1-2H3,(H,25,28)(H,26,27,29). The fourth-order valence-electron chi connectivity index (χ4n) is 2.82. The number of hydrogen-bond donors (Lipinski definition) is 2. The van der Waals surface area contributed by atoms with E-state index < -0.39 is 6.61 Å². The summed E-state index contributed by atoms with van der Waals surface area (Å²) < 4.78 is 28.9. The van der Waals surface area contributed by atoms with Crippen LogP contribution in [0.2, 0.25) is 0 Å². The van der Waals surface area contributed by atoms with Gasteiger partial charge in [0.15, 0.2) is 5.13 Å². The lowest BCUT2D eigenvalue weighted by Crippen LogP contribution is -2.18. The number of benzene rings is 2. The number of anilines is 2. The first-order valence-electron chi connectivity index (χ1n) is 9.57. The van der Waals surface area contributed by atoms with Crippen LogP contribution in [0, 0.1) is 13.8 Å². The van der Waals surface area contributed by atoms with E-state index in [1.54, 1.807) is 12.1 Å². The Bertz CT molecular complexity index is 1090. The van der Waals surface area contributed by atoms with Crippen molar-refractivity contribution in [3.63, 3.8) is 0 Å². The normalized spacial score (nSPS) is 10.8. The summed E-state index contributed by atoms with van der Waals surface area (Å²) >= 11 is 2.52. The molecule has 1 aromatic heterocycles. The van der Waals surface area contributed by atoms with Gasteiger partial charge in [-0.25, -0.2) is 4.98 Å². The summed E-state index contributed by atoms with van der Waals surface area (Å²) in [7, 11) is 0. The van der Waals surface area contributed by atoms with Gasteiger partial charge < -0.3 is 15.4 Å². The Balaban J connectivity index is 1.49. The number of aromatic nitrogens is 1. The van der Waals surface area contributed by atoms with Crippen LogP contribution in [0.15, 0.2) is 48.5 Å². The van der Waals surface area contributed by atoms with Crippen molar-refractivity contribution in [2.75, 3.05) is 22.1 Å². The number of hydrogen-bond acceptors (Lipinski definition) is 6. The predicted octanol–water partition coefficient (Wildman–Crippen LogP) is 5.34. The molecule has 0 unspecified atom stereocenters. The first-order valence-corrected chi connectivity index (χ1v) is 11.5. The van der Waals surface area contributed by atoms with Gasteiger partial charge in [-0.05, 0) is 55.8 Å². The number of rotatable bonds is 9. The summed E-state index contributed by atoms with van der Waals surface area (Å²) in [5, 5.41) is 5.96. The highest BCUT2D eigenvalue weighted by Gasteiger charge is 2.13. The highest BCUT2D eigenvalue weighted by Crippen LogP contribution is 2.31. The molecule has 2 amide bonds. The number of thiazole rings is 1. The molecule has 0 spiro atoms. The Hall–Kier alpha value is -2.98. The van der Waals surface area contributed by atoms with E-state index in [0.717, 1.165) is 21.7 Å². The average Bonchev–Trinajstić information content (AvgIpc) is 3.08. The van der Waals surface area contributed by atoms with Crippen LogP contribution in [0.1, 0.15) is 10.4 Å². The Morgan fingerprint density at radius 2 is 1.75 bits per heavy atom. The maximum atomic E-state index is 12.3. The van der Waals surface area contributed by atoms with Gasteiger partial charge in [-0.1, -0.05) is 12.1 Å². The van der Waals surface area contributed by atoms with Crippen LogP contribution in [0.5, 0.6) is 5.75 Å². The van der Waals surface area contributed by atoms with Crippen molar-refractivity contribution in [2.45, 2.75) is 20.5 Å². The molecule has 32 heavy (non-hydrogen) atoms. The lowest BCUT2D eigenvalue weighted by atomic mass is 10.1. The number of alkyl halides is 2. The van der Waals surface area contributed by atoms with Crippen molar-refractivity contribution in [3.05, 3.63) is 59.0 Å². The molecule has 0 saturated heterocycles. The second-order valence-electron chi connectivity index (χ2n) is 6.79. The number of ether oxygens (including phenoxy) is 1. The number of thioether (sulfide) groups is 1. The van der Waals surface area contributed by atoms with Gasteiger partial charge in [0.2, 0.25) is 11.8 Å². The Labute approximate surface area is 192 Å². The summed E-state index contributed by atoms with van der Waals surface area (Å²) in [6.45, 7) is 0.920. The molecule has 2 aromatic carbocycles. The third-order valence-corrected chi connectivity index (χ3v) is 5.98. The number of amides is 2. The molecule has 0 radical (unpaired) electrons. The predicted molar refractivity (Wildman–Crippen MR) is 125 cm³/mol. The topological polar surface area (TPSA) is 80.3 Å². The molecule has 2 N–H and O–H groups in total. The van der Waals surface area contributed by atoms with Gasteiger partial charge in [-0.2, -0.15) is 8.78 Å². The Morgan fingerprint density at radius 3 is 2.41 bits per heavy atom. The van der Waals surface area contributed by atoms with Crippen molar-refractivity contribution >= 4 is 45.7 Å². The summed E-state index contributed by atoms with van der Waals surface area (Å²) in [6, 6.07) is 13.6. The second kappa shape index (κ2) is 11.1. The molecule has 10 heteroatoms. The van der Waals surface area contributed by atoms with E-state index in [9.17, 15) is 18.4 Å². The van der Waals surface area contributed by atoms with E-state index in [4.69, 9.17) is 0 Å². The Kier molecular flexibility index (Phi) is 8.18. The third-order valence-electron chi connectivity index (χ3n) is 4.16. The molecule has 0 saturated carbocycles. The van der Waals surface area contributed by atoms with E-state index in [0.29, 0.717) is 10.8 Å². The monoisotopic (exact) mass is 477 g/mol. The first-order chi connectivity index (χ1) is 15.3. The minimum atomic E-state index is -2.88. The summed E-state index contributed by atoms with van der Waals surface area (Å²) in [5.41, 5.74) is 3.15. The van der Waals surface area contributed by atoms with Crippen molar-refractivity contribution in [3.8, 4) is 17.0 Å². The molecule has 0 fully saturated rings. The van der Waals surface area contributed by atoms with Crippen molar-refractivity contribution in [2.24, 2.45) is 0 Å².